The van der Waals surface area contributed by atoms with Gasteiger partial charge in [-0.25, -0.2) is 4.79 Å². The summed E-state index contributed by atoms with van der Waals surface area (Å²) in [6, 6.07) is 8.71. The van der Waals surface area contributed by atoms with Gasteiger partial charge < -0.3 is 15.6 Å². The molecule has 5 nitrogen and oxygen atoms in total. The van der Waals surface area contributed by atoms with Crippen molar-refractivity contribution < 1.29 is 14.6 Å². The Labute approximate surface area is 120 Å². The first-order valence-electron chi connectivity index (χ1n) is 5.84. The number of ether oxygens (including phenoxy) is 1. The van der Waals surface area contributed by atoms with Crippen molar-refractivity contribution in [1.29, 1.82) is 0 Å². The summed E-state index contributed by atoms with van der Waals surface area (Å²) in [5.41, 5.74) is 7.55. The summed E-state index contributed by atoms with van der Waals surface area (Å²) in [6.07, 6.45) is 1.35. The van der Waals surface area contributed by atoms with Crippen LogP contribution >= 0.6 is 11.8 Å². The van der Waals surface area contributed by atoms with Crippen LogP contribution in [0.5, 0.6) is 5.75 Å². The van der Waals surface area contributed by atoms with Crippen LogP contribution in [-0.2, 0) is 5.75 Å². The van der Waals surface area contributed by atoms with Crippen LogP contribution in [0.3, 0.4) is 0 Å². The van der Waals surface area contributed by atoms with E-state index in [1.807, 2.05) is 6.07 Å². The lowest BCUT2D eigenvalue weighted by Crippen LogP contribution is -1.98. The second kappa shape index (κ2) is 6.29. The number of anilines is 1. The van der Waals surface area contributed by atoms with Crippen molar-refractivity contribution in [1.82, 2.24) is 4.98 Å². The van der Waals surface area contributed by atoms with Gasteiger partial charge in [0, 0.05) is 22.5 Å². The maximum absolute atomic E-state index is 10.7. The molecule has 0 saturated heterocycles. The number of thioether (sulfide) groups is 1. The van der Waals surface area contributed by atoms with Gasteiger partial charge in [0.15, 0.2) is 0 Å². The second-order valence-corrected chi connectivity index (χ2v) is 5.05. The quantitative estimate of drug-likeness (QED) is 0.650. The summed E-state index contributed by atoms with van der Waals surface area (Å²) in [5, 5.41) is 8.80. The average Bonchev–Trinajstić information content (AvgIpc) is 2.47. The number of carboxylic acid groups (broad SMARTS) is 1. The number of nitrogen functional groups attached to an aromatic ring is 1. The highest BCUT2D eigenvalue weighted by Gasteiger charge is 2.06. The molecule has 0 atom stereocenters. The molecule has 0 aliphatic heterocycles. The maximum Gasteiger partial charge on any atom is 0.337 e. The van der Waals surface area contributed by atoms with Crippen LogP contribution in [0.25, 0.3) is 0 Å². The Morgan fingerprint density at radius 3 is 2.80 bits per heavy atom. The summed E-state index contributed by atoms with van der Waals surface area (Å²) in [6.45, 7) is 0. The molecular formula is C14H14N2O3S. The predicted molar refractivity (Wildman–Crippen MR) is 78.2 cm³/mol. The molecule has 1 aromatic heterocycles. The van der Waals surface area contributed by atoms with E-state index in [4.69, 9.17) is 15.6 Å². The van der Waals surface area contributed by atoms with E-state index in [0.29, 0.717) is 11.4 Å². The predicted octanol–water partition coefficient (Wildman–Crippen LogP) is 2.66. The lowest BCUT2D eigenvalue weighted by Gasteiger charge is -2.07. The molecule has 0 bridgehead atoms. The van der Waals surface area contributed by atoms with E-state index in [2.05, 4.69) is 4.98 Å². The van der Waals surface area contributed by atoms with Crippen LogP contribution in [0.1, 0.15) is 16.1 Å². The fourth-order valence-corrected chi connectivity index (χ4v) is 2.46. The molecular weight excluding hydrogens is 276 g/mol. The molecule has 0 aliphatic rings. The fourth-order valence-electron chi connectivity index (χ4n) is 1.55. The molecule has 0 fully saturated rings. The first-order valence-corrected chi connectivity index (χ1v) is 6.83. The van der Waals surface area contributed by atoms with Gasteiger partial charge in [-0.05, 0) is 30.3 Å². The third kappa shape index (κ3) is 3.42. The van der Waals surface area contributed by atoms with Gasteiger partial charge in [-0.15, -0.1) is 11.8 Å². The van der Waals surface area contributed by atoms with Crippen LogP contribution in [0, 0.1) is 0 Å². The average molecular weight is 290 g/mol. The molecule has 1 heterocycles. The molecule has 0 spiro atoms. The van der Waals surface area contributed by atoms with Gasteiger partial charge >= 0.3 is 5.97 Å². The molecule has 0 unspecified atom stereocenters. The Hall–Kier alpha value is -2.21. The van der Waals surface area contributed by atoms with E-state index in [-0.39, 0.29) is 5.56 Å². The Morgan fingerprint density at radius 1 is 1.40 bits per heavy atom. The number of nitrogens with two attached hydrogens (primary N) is 1. The molecule has 0 amide bonds. The summed E-state index contributed by atoms with van der Waals surface area (Å²) >= 11 is 1.53. The minimum atomic E-state index is -0.978. The van der Waals surface area contributed by atoms with E-state index in [1.165, 1.54) is 18.0 Å². The number of aromatic carboxylic acids is 1. The molecule has 6 heteroatoms. The van der Waals surface area contributed by atoms with Gasteiger partial charge in [-0.1, -0.05) is 0 Å². The van der Waals surface area contributed by atoms with Crippen molar-refractivity contribution >= 4 is 23.4 Å². The number of rotatable bonds is 5. The summed E-state index contributed by atoms with van der Waals surface area (Å²) in [4.78, 5) is 15.8. The van der Waals surface area contributed by atoms with Gasteiger partial charge in [0.05, 0.1) is 18.4 Å². The molecule has 0 radical (unpaired) electrons. The summed E-state index contributed by atoms with van der Waals surface area (Å²) < 4.78 is 5.15. The fraction of sp³-hybridized carbons (Fsp3) is 0.143. The molecule has 0 saturated carbocycles. The van der Waals surface area contributed by atoms with Gasteiger partial charge in [-0.3, -0.25) is 4.98 Å². The number of hydrogen-bond acceptors (Lipinski definition) is 5. The number of aromatic nitrogens is 1. The van der Waals surface area contributed by atoms with Crippen molar-refractivity contribution in [2.75, 3.05) is 12.8 Å². The van der Waals surface area contributed by atoms with E-state index in [1.54, 1.807) is 31.4 Å². The van der Waals surface area contributed by atoms with Crippen molar-refractivity contribution in [2.24, 2.45) is 0 Å². The summed E-state index contributed by atoms with van der Waals surface area (Å²) in [7, 11) is 1.60. The standard InChI is InChI=1S/C14H14N2O3S/c1-19-11-4-5-12(15)13(6-11)20-8-10-3-2-9(7-16-10)14(17)18/h2-7H,8,15H2,1H3,(H,17,18). The van der Waals surface area contributed by atoms with E-state index < -0.39 is 5.97 Å². The van der Waals surface area contributed by atoms with E-state index >= 15 is 0 Å². The minimum Gasteiger partial charge on any atom is -0.497 e. The largest absolute Gasteiger partial charge is 0.497 e. The third-order valence-electron chi connectivity index (χ3n) is 2.67. The lowest BCUT2D eigenvalue weighted by molar-refractivity contribution is 0.0696. The third-order valence-corrected chi connectivity index (χ3v) is 3.77. The first kappa shape index (κ1) is 14.2. The number of carbonyl (C=O) groups is 1. The number of benzene rings is 1. The van der Waals surface area contributed by atoms with E-state index in [9.17, 15) is 4.79 Å². The number of nitrogens with zero attached hydrogens (tertiary/aromatic N) is 1. The Kier molecular flexibility index (Phi) is 4.47. The highest BCUT2D eigenvalue weighted by molar-refractivity contribution is 7.98. The minimum absolute atomic E-state index is 0.180. The van der Waals surface area contributed by atoms with Crippen molar-refractivity contribution in [3.8, 4) is 5.75 Å². The smallest absolute Gasteiger partial charge is 0.337 e. The highest BCUT2D eigenvalue weighted by atomic mass is 32.2. The highest BCUT2D eigenvalue weighted by Crippen LogP contribution is 2.31. The van der Waals surface area contributed by atoms with Crippen LogP contribution in [0.15, 0.2) is 41.4 Å². The van der Waals surface area contributed by atoms with Crippen LogP contribution in [-0.4, -0.2) is 23.2 Å². The maximum atomic E-state index is 10.7. The zero-order chi connectivity index (χ0) is 14.5. The Bertz CT molecular complexity index is 614. The van der Waals surface area contributed by atoms with Crippen molar-refractivity contribution in [2.45, 2.75) is 10.6 Å². The Balaban J connectivity index is 2.06. The first-order chi connectivity index (χ1) is 9.60. The normalized spacial score (nSPS) is 10.2. The van der Waals surface area contributed by atoms with Gasteiger partial charge in [0.1, 0.15) is 5.75 Å². The van der Waals surface area contributed by atoms with Gasteiger partial charge in [-0.2, -0.15) is 0 Å². The SMILES string of the molecule is COc1ccc(N)c(SCc2ccc(C(=O)O)cn2)c1. The molecule has 3 N–H and O–H groups in total. The lowest BCUT2D eigenvalue weighted by atomic mass is 10.2. The molecule has 0 aliphatic carbocycles. The van der Waals surface area contributed by atoms with Crippen LogP contribution < -0.4 is 10.5 Å². The monoisotopic (exact) mass is 290 g/mol. The van der Waals surface area contributed by atoms with E-state index in [0.717, 1.165) is 16.3 Å². The zero-order valence-corrected chi connectivity index (χ0v) is 11.7. The Morgan fingerprint density at radius 2 is 2.20 bits per heavy atom. The second-order valence-electron chi connectivity index (χ2n) is 4.04. The number of methoxy groups -OCH3 is 1. The molecule has 2 aromatic rings. The molecule has 104 valence electrons. The number of pyridine rings is 1. The van der Waals surface area contributed by atoms with Crippen molar-refractivity contribution in [3.63, 3.8) is 0 Å². The summed E-state index contributed by atoms with van der Waals surface area (Å²) in [5.74, 6) is 0.377. The van der Waals surface area contributed by atoms with Gasteiger partial charge in [0.25, 0.3) is 0 Å². The molecule has 1 aromatic carbocycles. The molecule has 2 rings (SSSR count). The number of hydrogen-bond donors (Lipinski definition) is 2. The zero-order valence-electron chi connectivity index (χ0n) is 10.9. The van der Waals surface area contributed by atoms with Crippen molar-refractivity contribution in [3.05, 3.63) is 47.8 Å². The van der Waals surface area contributed by atoms with Crippen LogP contribution in [0.4, 0.5) is 5.69 Å². The van der Waals surface area contributed by atoms with Gasteiger partial charge in [0.2, 0.25) is 0 Å². The van der Waals surface area contributed by atoms with Crippen LogP contribution in [0.2, 0.25) is 0 Å². The number of carboxylic acids is 1. The topological polar surface area (TPSA) is 85.4 Å². The molecule has 20 heavy (non-hydrogen) atoms.